The Balaban J connectivity index is 0. The van der Waals surface area contributed by atoms with Crippen LogP contribution in [0, 0.1) is 5.92 Å². The lowest BCUT2D eigenvalue weighted by Gasteiger charge is -1.94. The summed E-state index contributed by atoms with van der Waals surface area (Å²) in [5.41, 5.74) is 0. The van der Waals surface area contributed by atoms with E-state index in [0.717, 1.165) is 19.1 Å². The SMILES string of the molecule is CCCC(C)C=O.Cl. The van der Waals surface area contributed by atoms with Crippen LogP contribution in [0.15, 0.2) is 0 Å². The Labute approximate surface area is 56.9 Å². The molecule has 0 heterocycles. The van der Waals surface area contributed by atoms with E-state index in [1.807, 2.05) is 6.92 Å². The van der Waals surface area contributed by atoms with Gasteiger partial charge in [0, 0.05) is 5.92 Å². The third-order valence-corrected chi connectivity index (χ3v) is 0.976. The summed E-state index contributed by atoms with van der Waals surface area (Å²) in [4.78, 5) is 9.89. The number of rotatable bonds is 3. The summed E-state index contributed by atoms with van der Waals surface area (Å²) in [6.07, 6.45) is 3.15. The second-order valence-electron chi connectivity index (χ2n) is 1.90. The van der Waals surface area contributed by atoms with E-state index >= 15 is 0 Å². The third kappa shape index (κ3) is 5.96. The fraction of sp³-hybridized carbons (Fsp3) is 0.833. The van der Waals surface area contributed by atoms with E-state index in [0.29, 0.717) is 0 Å². The predicted molar refractivity (Wildman–Crippen MR) is 37.4 cm³/mol. The van der Waals surface area contributed by atoms with Crippen molar-refractivity contribution in [3.63, 3.8) is 0 Å². The number of hydrogen-bond acceptors (Lipinski definition) is 1. The largest absolute Gasteiger partial charge is 0.303 e. The maximum atomic E-state index is 9.89. The molecular formula is C6H13ClO. The van der Waals surface area contributed by atoms with Crippen molar-refractivity contribution >= 4 is 18.7 Å². The number of carbonyl (C=O) groups excluding carboxylic acids is 1. The van der Waals surface area contributed by atoms with E-state index in [9.17, 15) is 4.79 Å². The maximum absolute atomic E-state index is 9.89. The van der Waals surface area contributed by atoms with Crippen LogP contribution in [-0.4, -0.2) is 6.29 Å². The molecule has 0 N–H and O–H groups in total. The molecule has 0 amide bonds. The summed E-state index contributed by atoms with van der Waals surface area (Å²) in [6, 6.07) is 0. The molecule has 0 radical (unpaired) electrons. The maximum Gasteiger partial charge on any atom is 0.122 e. The van der Waals surface area contributed by atoms with Crippen LogP contribution in [-0.2, 0) is 4.79 Å². The second-order valence-corrected chi connectivity index (χ2v) is 1.90. The smallest absolute Gasteiger partial charge is 0.122 e. The highest BCUT2D eigenvalue weighted by Crippen LogP contribution is 1.98. The molecule has 0 saturated carbocycles. The quantitative estimate of drug-likeness (QED) is 0.543. The van der Waals surface area contributed by atoms with Crippen LogP contribution >= 0.6 is 12.4 Å². The summed E-state index contributed by atoms with van der Waals surface area (Å²) < 4.78 is 0. The molecule has 1 atom stereocenters. The summed E-state index contributed by atoms with van der Waals surface area (Å²) in [5, 5.41) is 0. The van der Waals surface area contributed by atoms with Gasteiger partial charge in [-0.15, -0.1) is 12.4 Å². The van der Waals surface area contributed by atoms with Crippen LogP contribution < -0.4 is 0 Å². The second kappa shape index (κ2) is 6.96. The van der Waals surface area contributed by atoms with Crippen LogP contribution in [0.2, 0.25) is 0 Å². The van der Waals surface area contributed by atoms with Gasteiger partial charge in [-0.05, 0) is 6.42 Å². The third-order valence-electron chi connectivity index (χ3n) is 0.976. The highest BCUT2D eigenvalue weighted by molar-refractivity contribution is 5.85. The Hall–Kier alpha value is -0.0400. The van der Waals surface area contributed by atoms with Crippen LogP contribution in [0.25, 0.3) is 0 Å². The van der Waals surface area contributed by atoms with E-state index in [1.54, 1.807) is 0 Å². The molecule has 0 saturated heterocycles. The van der Waals surface area contributed by atoms with Gasteiger partial charge in [-0.1, -0.05) is 20.3 Å². The first-order chi connectivity index (χ1) is 3.31. The van der Waals surface area contributed by atoms with Gasteiger partial charge < -0.3 is 4.79 Å². The number of aldehydes is 1. The molecule has 2 heteroatoms. The highest BCUT2D eigenvalue weighted by Gasteiger charge is 1.93. The van der Waals surface area contributed by atoms with E-state index in [-0.39, 0.29) is 18.3 Å². The molecule has 1 nitrogen and oxygen atoms in total. The van der Waals surface area contributed by atoms with Crippen molar-refractivity contribution in [2.24, 2.45) is 5.92 Å². The zero-order valence-corrected chi connectivity index (χ0v) is 6.20. The molecule has 0 spiro atoms. The minimum atomic E-state index is 0. The van der Waals surface area contributed by atoms with Gasteiger partial charge in [-0.25, -0.2) is 0 Å². The highest BCUT2D eigenvalue weighted by atomic mass is 35.5. The fourth-order valence-electron chi connectivity index (χ4n) is 0.523. The monoisotopic (exact) mass is 136 g/mol. The number of halogens is 1. The van der Waals surface area contributed by atoms with Gasteiger partial charge in [0.1, 0.15) is 6.29 Å². The summed E-state index contributed by atoms with van der Waals surface area (Å²) in [6.45, 7) is 4.02. The molecular weight excluding hydrogens is 124 g/mol. The summed E-state index contributed by atoms with van der Waals surface area (Å²) in [5.74, 6) is 0.269. The van der Waals surface area contributed by atoms with E-state index < -0.39 is 0 Å². The molecule has 0 bridgehead atoms. The minimum Gasteiger partial charge on any atom is -0.303 e. The molecule has 1 unspecified atom stereocenters. The first kappa shape index (κ1) is 10.9. The van der Waals surface area contributed by atoms with Gasteiger partial charge >= 0.3 is 0 Å². The van der Waals surface area contributed by atoms with Crippen LogP contribution in [0.1, 0.15) is 26.7 Å². The van der Waals surface area contributed by atoms with Crippen molar-refractivity contribution in [1.82, 2.24) is 0 Å². The van der Waals surface area contributed by atoms with E-state index in [4.69, 9.17) is 0 Å². The lowest BCUT2D eigenvalue weighted by Crippen LogP contribution is -1.92. The van der Waals surface area contributed by atoms with Gasteiger partial charge in [-0.2, -0.15) is 0 Å². The molecule has 0 fully saturated rings. The Morgan fingerprint density at radius 1 is 1.62 bits per heavy atom. The topological polar surface area (TPSA) is 17.1 Å². The number of hydrogen-bond donors (Lipinski definition) is 0. The van der Waals surface area contributed by atoms with Crippen LogP contribution in [0.5, 0.6) is 0 Å². The van der Waals surface area contributed by atoms with Gasteiger partial charge in [0.25, 0.3) is 0 Å². The zero-order chi connectivity index (χ0) is 5.70. The first-order valence-electron chi connectivity index (χ1n) is 2.76. The average molecular weight is 137 g/mol. The van der Waals surface area contributed by atoms with Crippen molar-refractivity contribution < 1.29 is 4.79 Å². The molecule has 0 rings (SSSR count). The van der Waals surface area contributed by atoms with Crippen molar-refractivity contribution in [3.8, 4) is 0 Å². The molecule has 8 heavy (non-hydrogen) atoms. The van der Waals surface area contributed by atoms with Crippen LogP contribution in [0.3, 0.4) is 0 Å². The Morgan fingerprint density at radius 3 is 2.25 bits per heavy atom. The summed E-state index contributed by atoms with van der Waals surface area (Å²) in [7, 11) is 0. The van der Waals surface area contributed by atoms with Crippen molar-refractivity contribution in [2.45, 2.75) is 26.7 Å². The zero-order valence-electron chi connectivity index (χ0n) is 5.39. The van der Waals surface area contributed by atoms with Crippen molar-refractivity contribution in [2.75, 3.05) is 0 Å². The Bertz CT molecular complexity index is 54.5. The average Bonchev–Trinajstić information content (AvgIpc) is 1.68. The lowest BCUT2D eigenvalue weighted by molar-refractivity contribution is -0.110. The Kier molecular flexibility index (Phi) is 9.44. The molecule has 0 aromatic rings. The standard InChI is InChI=1S/C6H12O.ClH/c1-3-4-6(2)5-7;/h5-6H,3-4H2,1-2H3;1H. The Morgan fingerprint density at radius 2 is 2.12 bits per heavy atom. The minimum absolute atomic E-state index is 0. The van der Waals surface area contributed by atoms with Crippen LogP contribution in [0.4, 0.5) is 0 Å². The normalized spacial score (nSPS) is 11.8. The molecule has 0 aliphatic rings. The van der Waals surface area contributed by atoms with Gasteiger partial charge in [0.2, 0.25) is 0 Å². The van der Waals surface area contributed by atoms with Crippen molar-refractivity contribution in [1.29, 1.82) is 0 Å². The van der Waals surface area contributed by atoms with Gasteiger partial charge in [0.05, 0.1) is 0 Å². The molecule has 0 aliphatic carbocycles. The first-order valence-corrected chi connectivity index (χ1v) is 2.76. The number of carbonyl (C=O) groups is 1. The molecule has 50 valence electrons. The lowest BCUT2D eigenvalue weighted by atomic mass is 10.1. The van der Waals surface area contributed by atoms with E-state index in [1.165, 1.54) is 0 Å². The molecule has 0 aromatic heterocycles. The molecule has 0 aliphatic heterocycles. The summed E-state index contributed by atoms with van der Waals surface area (Å²) >= 11 is 0. The predicted octanol–water partition coefficient (Wildman–Crippen LogP) is 2.04. The van der Waals surface area contributed by atoms with E-state index in [2.05, 4.69) is 6.92 Å². The molecule has 0 aromatic carbocycles. The van der Waals surface area contributed by atoms with Gasteiger partial charge in [-0.3, -0.25) is 0 Å². The van der Waals surface area contributed by atoms with Crippen molar-refractivity contribution in [3.05, 3.63) is 0 Å². The fourth-order valence-corrected chi connectivity index (χ4v) is 0.523. The van der Waals surface area contributed by atoms with Gasteiger partial charge in [0.15, 0.2) is 0 Å².